The van der Waals surface area contributed by atoms with Gasteiger partial charge in [0, 0.05) is 18.5 Å². The molecule has 0 radical (unpaired) electrons. The van der Waals surface area contributed by atoms with Crippen LogP contribution in [0.5, 0.6) is 0 Å². The van der Waals surface area contributed by atoms with Gasteiger partial charge in [-0.1, -0.05) is 23.4 Å². The van der Waals surface area contributed by atoms with E-state index in [2.05, 4.69) is 10.5 Å². The van der Waals surface area contributed by atoms with Gasteiger partial charge in [-0.05, 0) is 19.1 Å². The lowest BCUT2D eigenvalue weighted by Gasteiger charge is -2.14. The van der Waals surface area contributed by atoms with E-state index in [-0.39, 0.29) is 24.1 Å². The number of furan rings is 1. The highest BCUT2D eigenvalue weighted by atomic mass is 16.5. The maximum absolute atomic E-state index is 12.3. The van der Waals surface area contributed by atoms with Gasteiger partial charge in [-0.25, -0.2) is 0 Å². The fourth-order valence-corrected chi connectivity index (χ4v) is 2.17. The Morgan fingerprint density at radius 1 is 1.26 bits per heavy atom. The zero-order chi connectivity index (χ0) is 16.4. The highest BCUT2D eigenvalue weighted by Gasteiger charge is 2.19. The lowest BCUT2D eigenvalue weighted by Crippen LogP contribution is -2.34. The first-order valence-corrected chi connectivity index (χ1v) is 7.00. The van der Waals surface area contributed by atoms with Crippen molar-refractivity contribution in [3.05, 3.63) is 47.9 Å². The summed E-state index contributed by atoms with van der Waals surface area (Å²) in [7, 11) is 1.53. The van der Waals surface area contributed by atoms with Crippen LogP contribution < -0.4 is 5.32 Å². The Morgan fingerprint density at radius 2 is 2.04 bits per heavy atom. The standard InChI is InChI=1S/C16H15N3O4/c1-10-7-14(18-23-10)17-15(20)9-19(2)16(21)13-8-11-5-3-4-6-12(11)22-13/h3-8H,9H2,1-2H3,(H,17,18,20). The van der Waals surface area contributed by atoms with E-state index in [9.17, 15) is 9.59 Å². The number of hydrogen-bond acceptors (Lipinski definition) is 5. The predicted octanol–water partition coefficient (Wildman–Crippen LogP) is 2.44. The summed E-state index contributed by atoms with van der Waals surface area (Å²) in [6, 6.07) is 10.6. The number of fused-ring (bicyclic) bond motifs is 1. The van der Waals surface area contributed by atoms with Gasteiger partial charge < -0.3 is 19.2 Å². The molecule has 2 amide bonds. The Bertz CT molecular complexity index is 832. The molecule has 0 aliphatic rings. The van der Waals surface area contributed by atoms with Crippen LogP contribution >= 0.6 is 0 Å². The number of anilines is 1. The van der Waals surface area contributed by atoms with Crippen molar-refractivity contribution in [3.63, 3.8) is 0 Å². The zero-order valence-corrected chi connectivity index (χ0v) is 12.7. The third kappa shape index (κ3) is 3.23. The molecular formula is C16H15N3O4. The van der Waals surface area contributed by atoms with Crippen molar-refractivity contribution in [2.24, 2.45) is 0 Å². The van der Waals surface area contributed by atoms with Crippen molar-refractivity contribution in [3.8, 4) is 0 Å². The highest BCUT2D eigenvalue weighted by Crippen LogP contribution is 2.19. The monoisotopic (exact) mass is 313 g/mol. The largest absolute Gasteiger partial charge is 0.451 e. The van der Waals surface area contributed by atoms with Crippen LogP contribution in [0.4, 0.5) is 5.82 Å². The Labute approximate surface area is 131 Å². The van der Waals surface area contributed by atoms with Crippen LogP contribution in [0.1, 0.15) is 16.3 Å². The third-order valence-corrected chi connectivity index (χ3v) is 3.26. The van der Waals surface area contributed by atoms with Gasteiger partial charge in [0.25, 0.3) is 5.91 Å². The number of nitrogens with one attached hydrogen (secondary N) is 1. The maximum atomic E-state index is 12.3. The molecule has 0 fully saturated rings. The number of nitrogens with zero attached hydrogens (tertiary/aromatic N) is 2. The summed E-state index contributed by atoms with van der Waals surface area (Å²) < 4.78 is 10.4. The van der Waals surface area contributed by atoms with Crippen LogP contribution in [0.3, 0.4) is 0 Å². The molecule has 2 heterocycles. The molecule has 0 aliphatic heterocycles. The normalized spacial score (nSPS) is 10.7. The van der Waals surface area contributed by atoms with Crippen LogP contribution in [-0.4, -0.2) is 35.5 Å². The van der Waals surface area contributed by atoms with Crippen LogP contribution in [0.15, 0.2) is 45.3 Å². The third-order valence-electron chi connectivity index (χ3n) is 3.26. The topological polar surface area (TPSA) is 88.6 Å². The minimum atomic E-state index is -0.370. The lowest BCUT2D eigenvalue weighted by atomic mass is 10.2. The molecule has 0 unspecified atom stereocenters. The van der Waals surface area contributed by atoms with Crippen molar-refractivity contribution in [1.29, 1.82) is 0 Å². The van der Waals surface area contributed by atoms with E-state index >= 15 is 0 Å². The Morgan fingerprint density at radius 3 is 2.74 bits per heavy atom. The number of aryl methyl sites for hydroxylation is 1. The molecule has 7 nitrogen and oxygen atoms in total. The summed E-state index contributed by atoms with van der Waals surface area (Å²) in [5, 5.41) is 7.06. The van der Waals surface area contributed by atoms with Gasteiger partial charge in [-0.15, -0.1) is 0 Å². The molecule has 7 heteroatoms. The number of carbonyl (C=O) groups excluding carboxylic acids is 2. The second kappa shape index (κ2) is 5.96. The van der Waals surface area contributed by atoms with E-state index in [0.717, 1.165) is 5.39 Å². The van der Waals surface area contributed by atoms with Gasteiger partial charge in [0.1, 0.15) is 17.9 Å². The van der Waals surface area contributed by atoms with Crippen LogP contribution in [0, 0.1) is 6.92 Å². The molecule has 0 saturated heterocycles. The molecule has 0 spiro atoms. The minimum Gasteiger partial charge on any atom is -0.451 e. The van der Waals surface area contributed by atoms with Crippen LogP contribution in [0.2, 0.25) is 0 Å². The van der Waals surface area contributed by atoms with Crippen molar-refractivity contribution in [1.82, 2.24) is 10.1 Å². The van der Waals surface area contributed by atoms with Crippen molar-refractivity contribution in [2.45, 2.75) is 6.92 Å². The first-order valence-electron chi connectivity index (χ1n) is 7.00. The first-order chi connectivity index (χ1) is 11.0. The zero-order valence-electron chi connectivity index (χ0n) is 12.7. The number of aromatic nitrogens is 1. The second-order valence-electron chi connectivity index (χ2n) is 5.18. The van der Waals surface area contributed by atoms with Gasteiger partial charge in [0.15, 0.2) is 11.6 Å². The molecule has 23 heavy (non-hydrogen) atoms. The molecule has 3 rings (SSSR count). The average Bonchev–Trinajstić information content (AvgIpc) is 3.12. The van der Waals surface area contributed by atoms with E-state index in [4.69, 9.17) is 8.94 Å². The molecule has 0 atom stereocenters. The van der Waals surface area contributed by atoms with Gasteiger partial charge in [-0.3, -0.25) is 9.59 Å². The number of rotatable bonds is 4. The van der Waals surface area contributed by atoms with Crippen molar-refractivity contribution >= 4 is 28.6 Å². The molecule has 1 N–H and O–H groups in total. The van der Waals surface area contributed by atoms with E-state index < -0.39 is 0 Å². The summed E-state index contributed by atoms with van der Waals surface area (Å²) in [6.07, 6.45) is 0. The first kappa shape index (κ1) is 14.8. The predicted molar refractivity (Wildman–Crippen MR) is 83.0 cm³/mol. The van der Waals surface area contributed by atoms with Crippen molar-refractivity contribution < 1.29 is 18.5 Å². The fourth-order valence-electron chi connectivity index (χ4n) is 2.17. The number of benzene rings is 1. The number of hydrogen-bond donors (Lipinski definition) is 1. The molecule has 118 valence electrons. The second-order valence-corrected chi connectivity index (χ2v) is 5.18. The quantitative estimate of drug-likeness (QED) is 0.799. The number of carbonyl (C=O) groups is 2. The van der Waals surface area contributed by atoms with E-state index in [1.54, 1.807) is 25.1 Å². The molecule has 2 aromatic heterocycles. The summed E-state index contributed by atoms with van der Waals surface area (Å²) in [4.78, 5) is 25.5. The molecule has 0 saturated carbocycles. The SMILES string of the molecule is Cc1cc(NC(=O)CN(C)C(=O)c2cc3ccccc3o2)no1. The summed E-state index contributed by atoms with van der Waals surface area (Å²) in [5.41, 5.74) is 0.631. The summed E-state index contributed by atoms with van der Waals surface area (Å²) in [6.45, 7) is 1.60. The van der Waals surface area contributed by atoms with Crippen LogP contribution in [0.25, 0.3) is 11.0 Å². The Balaban J connectivity index is 1.66. The number of para-hydroxylation sites is 1. The average molecular weight is 313 g/mol. The van der Waals surface area contributed by atoms with E-state index in [0.29, 0.717) is 17.2 Å². The maximum Gasteiger partial charge on any atom is 0.289 e. The molecule has 0 aliphatic carbocycles. The molecule has 1 aromatic carbocycles. The van der Waals surface area contributed by atoms with Gasteiger partial charge >= 0.3 is 0 Å². The fraction of sp³-hybridized carbons (Fsp3) is 0.188. The lowest BCUT2D eigenvalue weighted by molar-refractivity contribution is -0.116. The minimum absolute atomic E-state index is 0.123. The molecule has 3 aromatic rings. The highest BCUT2D eigenvalue weighted by molar-refractivity contribution is 5.99. The van der Waals surface area contributed by atoms with E-state index in [1.165, 1.54) is 11.9 Å². The molecule has 0 bridgehead atoms. The summed E-state index contributed by atoms with van der Waals surface area (Å²) in [5.74, 6) is 0.362. The van der Waals surface area contributed by atoms with Crippen molar-refractivity contribution in [2.75, 3.05) is 18.9 Å². The molecular weight excluding hydrogens is 298 g/mol. The smallest absolute Gasteiger partial charge is 0.289 e. The number of amides is 2. The van der Waals surface area contributed by atoms with Gasteiger partial charge in [-0.2, -0.15) is 0 Å². The van der Waals surface area contributed by atoms with Gasteiger partial charge in [0.05, 0.1) is 0 Å². The van der Waals surface area contributed by atoms with E-state index in [1.807, 2.05) is 18.2 Å². The number of likely N-dealkylation sites (N-methyl/N-ethyl adjacent to an activating group) is 1. The Hall–Kier alpha value is -3.09. The Kier molecular flexibility index (Phi) is 3.84. The van der Waals surface area contributed by atoms with Gasteiger partial charge in [0.2, 0.25) is 5.91 Å². The van der Waals surface area contributed by atoms with Crippen LogP contribution in [-0.2, 0) is 4.79 Å². The summed E-state index contributed by atoms with van der Waals surface area (Å²) >= 11 is 0.